The maximum Gasteiger partial charge on any atom is 0.411 e. The van der Waals surface area contributed by atoms with Crippen LogP contribution in [0.1, 0.15) is 49.5 Å². The summed E-state index contributed by atoms with van der Waals surface area (Å²) in [5.41, 5.74) is 5.12. The van der Waals surface area contributed by atoms with E-state index in [2.05, 4.69) is 26.2 Å². The average Bonchev–Trinajstić information content (AvgIpc) is 3.12. The van der Waals surface area contributed by atoms with E-state index in [-0.39, 0.29) is 36.0 Å². The van der Waals surface area contributed by atoms with Crippen LogP contribution < -0.4 is 21.3 Å². The monoisotopic (exact) mass is 665 g/mol. The zero-order valence-corrected chi connectivity index (χ0v) is 27.5. The molecular formula is C38H43N5O6. The maximum atomic E-state index is 12.7. The molecule has 4 aromatic carbocycles. The number of phenols is 1. The summed E-state index contributed by atoms with van der Waals surface area (Å²) < 4.78 is 5.73. The first kappa shape index (κ1) is 35.1. The number of anilines is 3. The predicted molar refractivity (Wildman–Crippen MR) is 190 cm³/mol. The molecule has 0 bridgehead atoms. The number of carbonyl (C=O) groups excluding carboxylic acids is 3. The summed E-state index contributed by atoms with van der Waals surface area (Å²) >= 11 is 0. The number of likely N-dealkylation sites (tertiary alicyclic amines) is 1. The Hall–Kier alpha value is -5.23. The second kappa shape index (κ2) is 17.3. The molecule has 1 saturated heterocycles. The first-order valence-electron chi connectivity index (χ1n) is 16.5. The van der Waals surface area contributed by atoms with Gasteiger partial charge >= 0.3 is 6.09 Å². The van der Waals surface area contributed by atoms with E-state index in [4.69, 9.17) is 4.74 Å². The summed E-state index contributed by atoms with van der Waals surface area (Å²) in [5, 5.41) is 32.0. The lowest BCUT2D eigenvalue weighted by Crippen LogP contribution is -2.39. The van der Waals surface area contributed by atoms with E-state index in [0.29, 0.717) is 49.2 Å². The number of amides is 3. The molecule has 11 nitrogen and oxygen atoms in total. The van der Waals surface area contributed by atoms with Crippen LogP contribution in [-0.4, -0.2) is 65.8 Å². The van der Waals surface area contributed by atoms with Crippen LogP contribution in [0.5, 0.6) is 5.75 Å². The highest BCUT2D eigenvalue weighted by Gasteiger charge is 2.23. The number of aliphatic hydroxyl groups is 1. The standard InChI is InChI=1S/C38H43N5O6/c1-26(39-24-36(46)29-13-16-35(45)34(23-29)40-25-44)27-11-14-30(15-12-27)41-37(47)19-22-43-20-17-31(18-21-43)49-38(48)42-33-10-6-5-9-32(33)28-7-3-2-4-8-28/h2-16,23,25-26,31,36,39,45-46H,17-22,24H2,1H3,(H,40,44)(H,41,47)(H,42,48)/t26-,36+/m1/s1. The Balaban J connectivity index is 0.996. The molecule has 5 rings (SSSR count). The van der Waals surface area contributed by atoms with E-state index in [1.54, 1.807) is 6.07 Å². The summed E-state index contributed by atoms with van der Waals surface area (Å²) in [6.07, 6.45) is 0.726. The Morgan fingerprint density at radius 3 is 2.33 bits per heavy atom. The molecule has 11 heteroatoms. The van der Waals surface area contributed by atoms with Gasteiger partial charge in [-0.05, 0) is 66.8 Å². The minimum atomic E-state index is -0.847. The van der Waals surface area contributed by atoms with Crippen LogP contribution in [0.2, 0.25) is 0 Å². The van der Waals surface area contributed by atoms with Gasteiger partial charge in [-0.1, -0.05) is 66.7 Å². The normalized spacial score (nSPS) is 14.7. The zero-order chi connectivity index (χ0) is 34.6. The number of nitrogens with zero attached hydrogens (tertiary/aromatic N) is 1. The Morgan fingerprint density at radius 2 is 1.59 bits per heavy atom. The number of aromatic hydroxyl groups is 1. The van der Waals surface area contributed by atoms with E-state index in [9.17, 15) is 24.6 Å². The molecule has 0 unspecified atom stereocenters. The number of aliphatic hydroxyl groups excluding tert-OH is 1. The number of hydrogen-bond donors (Lipinski definition) is 6. The first-order valence-corrected chi connectivity index (χ1v) is 16.5. The number of rotatable bonds is 14. The summed E-state index contributed by atoms with van der Waals surface area (Å²) in [7, 11) is 0. The van der Waals surface area contributed by atoms with Crippen molar-refractivity contribution in [1.29, 1.82) is 0 Å². The number of piperidine rings is 1. The van der Waals surface area contributed by atoms with Gasteiger partial charge in [-0.3, -0.25) is 14.9 Å². The smallest absolute Gasteiger partial charge is 0.411 e. The average molecular weight is 666 g/mol. The van der Waals surface area contributed by atoms with Crippen molar-refractivity contribution in [3.05, 3.63) is 108 Å². The Morgan fingerprint density at radius 1 is 0.898 bits per heavy atom. The van der Waals surface area contributed by atoms with Crippen molar-refractivity contribution in [1.82, 2.24) is 10.2 Å². The molecule has 2 atom stereocenters. The maximum absolute atomic E-state index is 12.7. The van der Waals surface area contributed by atoms with Gasteiger partial charge in [0.2, 0.25) is 12.3 Å². The topological polar surface area (TPSA) is 152 Å². The van der Waals surface area contributed by atoms with Crippen molar-refractivity contribution in [3.8, 4) is 16.9 Å². The zero-order valence-electron chi connectivity index (χ0n) is 27.5. The van der Waals surface area contributed by atoms with Crippen molar-refractivity contribution >= 4 is 35.5 Å². The van der Waals surface area contributed by atoms with E-state index in [1.807, 2.05) is 85.8 Å². The molecule has 256 valence electrons. The molecule has 0 aliphatic carbocycles. The van der Waals surface area contributed by atoms with Crippen LogP contribution in [0.25, 0.3) is 11.1 Å². The molecule has 49 heavy (non-hydrogen) atoms. The highest BCUT2D eigenvalue weighted by Crippen LogP contribution is 2.29. The van der Waals surface area contributed by atoms with Crippen LogP contribution in [0, 0.1) is 0 Å². The molecule has 1 aliphatic rings. The van der Waals surface area contributed by atoms with E-state index < -0.39 is 12.2 Å². The van der Waals surface area contributed by atoms with Crippen molar-refractivity contribution < 1.29 is 29.3 Å². The summed E-state index contributed by atoms with van der Waals surface area (Å²) in [6, 6.07) is 29.6. The number of nitrogens with one attached hydrogen (secondary N) is 4. The van der Waals surface area contributed by atoms with Crippen molar-refractivity contribution in [2.75, 3.05) is 42.1 Å². The number of carbonyl (C=O) groups is 3. The lowest BCUT2D eigenvalue weighted by molar-refractivity contribution is -0.116. The molecule has 4 aromatic rings. The molecule has 1 fully saturated rings. The third kappa shape index (κ3) is 10.1. The van der Waals surface area contributed by atoms with E-state index in [0.717, 1.165) is 29.8 Å². The number of phenolic OH excluding ortho intramolecular Hbond substituents is 1. The Bertz CT molecular complexity index is 1690. The minimum absolute atomic E-state index is 0.0748. The Labute approximate surface area is 286 Å². The Kier molecular flexibility index (Phi) is 12.4. The molecular weight excluding hydrogens is 622 g/mol. The molecule has 1 aliphatic heterocycles. The highest BCUT2D eigenvalue weighted by molar-refractivity contribution is 5.92. The van der Waals surface area contributed by atoms with E-state index in [1.165, 1.54) is 12.1 Å². The lowest BCUT2D eigenvalue weighted by Gasteiger charge is -2.31. The molecule has 0 saturated carbocycles. The van der Waals surface area contributed by atoms with Crippen molar-refractivity contribution in [2.24, 2.45) is 0 Å². The summed E-state index contributed by atoms with van der Waals surface area (Å²) in [6.45, 7) is 4.32. The predicted octanol–water partition coefficient (Wildman–Crippen LogP) is 6.05. The number of ether oxygens (including phenoxy) is 1. The van der Waals surface area contributed by atoms with Gasteiger partial charge in [0, 0.05) is 49.9 Å². The van der Waals surface area contributed by atoms with Crippen LogP contribution in [0.3, 0.4) is 0 Å². The fraction of sp³-hybridized carbons (Fsp3) is 0.289. The minimum Gasteiger partial charge on any atom is -0.506 e. The summed E-state index contributed by atoms with van der Waals surface area (Å²) in [5.74, 6) is -0.152. The first-order chi connectivity index (χ1) is 23.8. The molecule has 0 radical (unpaired) electrons. The van der Waals surface area contributed by atoms with E-state index >= 15 is 0 Å². The third-order valence-corrected chi connectivity index (χ3v) is 8.64. The fourth-order valence-corrected chi connectivity index (χ4v) is 5.81. The second-order valence-corrected chi connectivity index (χ2v) is 12.1. The van der Waals surface area contributed by atoms with Crippen LogP contribution in [0.15, 0.2) is 97.1 Å². The van der Waals surface area contributed by atoms with Gasteiger partial charge in [-0.25, -0.2) is 4.79 Å². The summed E-state index contributed by atoms with van der Waals surface area (Å²) in [4.78, 5) is 38.4. The van der Waals surface area contributed by atoms with Gasteiger partial charge in [-0.15, -0.1) is 0 Å². The molecule has 1 heterocycles. The van der Waals surface area contributed by atoms with Gasteiger partial charge in [0.1, 0.15) is 11.9 Å². The molecule has 0 aromatic heterocycles. The van der Waals surface area contributed by atoms with Gasteiger partial charge in [0.05, 0.1) is 17.5 Å². The highest BCUT2D eigenvalue weighted by atomic mass is 16.6. The molecule has 3 amide bonds. The van der Waals surface area contributed by atoms with Crippen LogP contribution >= 0.6 is 0 Å². The number of para-hydroxylation sites is 1. The van der Waals surface area contributed by atoms with Gasteiger partial charge in [0.25, 0.3) is 0 Å². The fourth-order valence-electron chi connectivity index (χ4n) is 5.81. The van der Waals surface area contributed by atoms with Crippen molar-refractivity contribution in [2.45, 2.75) is 44.4 Å². The van der Waals surface area contributed by atoms with Gasteiger partial charge in [-0.2, -0.15) is 0 Å². The largest absolute Gasteiger partial charge is 0.506 e. The second-order valence-electron chi connectivity index (χ2n) is 12.1. The molecule has 6 N–H and O–H groups in total. The van der Waals surface area contributed by atoms with Gasteiger partial charge < -0.3 is 35.8 Å². The third-order valence-electron chi connectivity index (χ3n) is 8.64. The van der Waals surface area contributed by atoms with Gasteiger partial charge in [0.15, 0.2) is 0 Å². The number of hydrogen-bond acceptors (Lipinski definition) is 8. The quantitative estimate of drug-likeness (QED) is 0.0703. The van der Waals surface area contributed by atoms with Crippen LogP contribution in [0.4, 0.5) is 21.9 Å². The van der Waals surface area contributed by atoms with Crippen molar-refractivity contribution in [3.63, 3.8) is 0 Å². The lowest BCUT2D eigenvalue weighted by atomic mass is 10.0. The van der Waals surface area contributed by atoms with Crippen LogP contribution in [-0.2, 0) is 14.3 Å². The number of benzene rings is 4. The SMILES string of the molecule is C[C@@H](NC[C@H](O)c1ccc(O)c(NC=O)c1)c1ccc(NC(=O)CCN2CCC(OC(=O)Nc3ccccc3-c3ccccc3)CC2)cc1. The molecule has 0 spiro atoms.